The van der Waals surface area contributed by atoms with Crippen molar-refractivity contribution in [3.8, 4) is 5.69 Å². The third-order valence-corrected chi connectivity index (χ3v) is 4.07. The summed E-state index contributed by atoms with van der Waals surface area (Å²) in [5.74, 6) is -1.20. The second kappa shape index (κ2) is 7.31. The zero-order valence-electron chi connectivity index (χ0n) is 14.4. The lowest BCUT2D eigenvalue weighted by Crippen LogP contribution is -2.15. The molecule has 0 aliphatic rings. The van der Waals surface area contributed by atoms with Gasteiger partial charge in [-0.1, -0.05) is 0 Å². The van der Waals surface area contributed by atoms with E-state index in [0.717, 1.165) is 11.4 Å². The van der Waals surface area contributed by atoms with Crippen LogP contribution in [0.1, 0.15) is 32.1 Å². The molecule has 0 radical (unpaired) electrons. The number of carbonyl (C=O) groups excluding carboxylic acids is 2. The first-order valence-electron chi connectivity index (χ1n) is 8.02. The van der Waals surface area contributed by atoms with E-state index in [-0.39, 0.29) is 18.2 Å². The third-order valence-electron chi connectivity index (χ3n) is 4.07. The van der Waals surface area contributed by atoms with E-state index in [0.29, 0.717) is 16.8 Å². The van der Waals surface area contributed by atoms with E-state index in [1.165, 1.54) is 36.7 Å². The van der Waals surface area contributed by atoms with Crippen LogP contribution in [0.5, 0.6) is 0 Å². The fraction of sp³-hybridized carbons (Fsp3) is 0.150. The molecular weight excluding hydrogens is 335 g/mol. The summed E-state index contributed by atoms with van der Waals surface area (Å²) >= 11 is 0. The van der Waals surface area contributed by atoms with Crippen LogP contribution in [0.3, 0.4) is 0 Å². The fourth-order valence-electron chi connectivity index (χ4n) is 2.81. The van der Waals surface area contributed by atoms with E-state index < -0.39 is 5.97 Å². The Balaban J connectivity index is 1.77. The van der Waals surface area contributed by atoms with E-state index in [2.05, 4.69) is 4.98 Å². The topological polar surface area (TPSA) is 61.2 Å². The van der Waals surface area contributed by atoms with Crippen LogP contribution in [-0.2, 0) is 4.74 Å². The van der Waals surface area contributed by atoms with Gasteiger partial charge in [-0.15, -0.1) is 0 Å². The third kappa shape index (κ3) is 3.54. The van der Waals surface area contributed by atoms with E-state index in [1.54, 1.807) is 25.1 Å². The van der Waals surface area contributed by atoms with E-state index in [9.17, 15) is 14.0 Å². The first-order valence-corrected chi connectivity index (χ1v) is 8.02. The lowest BCUT2D eigenvalue weighted by molar-refractivity contribution is 0.0474. The molecule has 132 valence electrons. The van der Waals surface area contributed by atoms with Gasteiger partial charge in [0.05, 0.1) is 5.56 Å². The standard InChI is InChI=1S/C20H17FN2O3/c1-13-11-18(14(2)23(13)17-5-3-16(21)4-6-17)19(24)12-26-20(25)15-7-9-22-10-8-15/h3-11H,12H2,1-2H3. The Morgan fingerprint density at radius 1 is 1.08 bits per heavy atom. The number of hydrogen-bond donors (Lipinski definition) is 0. The Morgan fingerprint density at radius 3 is 2.38 bits per heavy atom. The highest BCUT2D eigenvalue weighted by Crippen LogP contribution is 2.21. The maximum absolute atomic E-state index is 13.1. The molecule has 0 N–H and O–H groups in total. The van der Waals surface area contributed by atoms with Gasteiger partial charge in [-0.2, -0.15) is 0 Å². The molecule has 0 atom stereocenters. The number of ketones is 1. The van der Waals surface area contributed by atoms with Gasteiger partial charge in [0, 0.05) is 35.0 Å². The van der Waals surface area contributed by atoms with Crippen molar-refractivity contribution in [2.24, 2.45) is 0 Å². The van der Waals surface area contributed by atoms with Crippen molar-refractivity contribution in [3.63, 3.8) is 0 Å². The number of carbonyl (C=O) groups is 2. The van der Waals surface area contributed by atoms with Crippen LogP contribution in [0.2, 0.25) is 0 Å². The van der Waals surface area contributed by atoms with Gasteiger partial charge in [0.15, 0.2) is 6.61 Å². The van der Waals surface area contributed by atoms with Crippen LogP contribution in [0, 0.1) is 19.7 Å². The number of esters is 1. The molecule has 5 nitrogen and oxygen atoms in total. The first kappa shape index (κ1) is 17.5. The highest BCUT2D eigenvalue weighted by atomic mass is 19.1. The molecule has 0 fully saturated rings. The quantitative estimate of drug-likeness (QED) is 0.519. The second-order valence-corrected chi connectivity index (χ2v) is 5.83. The van der Waals surface area contributed by atoms with Gasteiger partial charge in [-0.05, 0) is 56.3 Å². The van der Waals surface area contributed by atoms with E-state index in [1.807, 2.05) is 11.5 Å². The van der Waals surface area contributed by atoms with Gasteiger partial charge in [-0.25, -0.2) is 9.18 Å². The molecule has 0 aliphatic carbocycles. The van der Waals surface area contributed by atoms with Crippen molar-refractivity contribution in [1.82, 2.24) is 9.55 Å². The molecule has 6 heteroatoms. The number of aromatic nitrogens is 2. The fourth-order valence-corrected chi connectivity index (χ4v) is 2.81. The lowest BCUT2D eigenvalue weighted by Gasteiger charge is -2.10. The Bertz CT molecular complexity index is 947. The van der Waals surface area contributed by atoms with Gasteiger partial charge in [0.25, 0.3) is 0 Å². The summed E-state index contributed by atoms with van der Waals surface area (Å²) in [7, 11) is 0. The smallest absolute Gasteiger partial charge is 0.338 e. The summed E-state index contributed by atoms with van der Waals surface area (Å²) in [6.45, 7) is 3.30. The van der Waals surface area contributed by atoms with Crippen LogP contribution in [0.4, 0.5) is 4.39 Å². The van der Waals surface area contributed by atoms with Crippen molar-refractivity contribution >= 4 is 11.8 Å². The molecule has 0 bridgehead atoms. The van der Waals surface area contributed by atoms with E-state index in [4.69, 9.17) is 4.74 Å². The van der Waals surface area contributed by atoms with E-state index >= 15 is 0 Å². The maximum atomic E-state index is 13.1. The Morgan fingerprint density at radius 2 is 1.73 bits per heavy atom. The summed E-state index contributed by atoms with van der Waals surface area (Å²) in [5.41, 5.74) is 3.10. The Kier molecular flexibility index (Phi) is 4.93. The number of pyridine rings is 1. The average molecular weight is 352 g/mol. The van der Waals surface area contributed by atoms with Crippen molar-refractivity contribution in [3.05, 3.63) is 83.2 Å². The van der Waals surface area contributed by atoms with Crippen molar-refractivity contribution in [2.45, 2.75) is 13.8 Å². The van der Waals surface area contributed by atoms with Crippen LogP contribution < -0.4 is 0 Å². The highest BCUT2D eigenvalue weighted by Gasteiger charge is 2.18. The van der Waals surface area contributed by atoms with Crippen molar-refractivity contribution in [1.29, 1.82) is 0 Å². The van der Waals surface area contributed by atoms with Gasteiger partial charge in [0.2, 0.25) is 5.78 Å². The number of rotatable bonds is 5. The molecule has 1 aromatic carbocycles. The number of halogens is 1. The number of benzene rings is 1. The molecule has 2 aromatic heterocycles. The number of aryl methyl sites for hydroxylation is 1. The normalized spacial score (nSPS) is 10.6. The number of ether oxygens (including phenoxy) is 1. The average Bonchev–Trinajstić information content (AvgIpc) is 2.95. The Hall–Kier alpha value is -3.28. The SMILES string of the molecule is Cc1cc(C(=O)COC(=O)c2ccncc2)c(C)n1-c1ccc(F)cc1. The molecule has 0 spiro atoms. The lowest BCUT2D eigenvalue weighted by atomic mass is 10.1. The molecule has 0 unspecified atom stereocenters. The molecule has 0 amide bonds. The minimum atomic E-state index is -0.576. The van der Waals surface area contributed by atoms with Gasteiger partial charge in [-0.3, -0.25) is 9.78 Å². The summed E-state index contributed by atoms with van der Waals surface area (Å²) in [4.78, 5) is 28.3. The molecule has 0 saturated carbocycles. The van der Waals surface area contributed by atoms with Gasteiger partial charge in [0.1, 0.15) is 5.82 Å². The first-order chi connectivity index (χ1) is 12.5. The largest absolute Gasteiger partial charge is 0.454 e. The van der Waals surface area contributed by atoms with Crippen molar-refractivity contribution in [2.75, 3.05) is 6.61 Å². The van der Waals surface area contributed by atoms with Crippen molar-refractivity contribution < 1.29 is 18.7 Å². The minimum absolute atomic E-state index is 0.297. The molecule has 3 rings (SSSR count). The van der Waals surface area contributed by atoms with Crippen LogP contribution in [0.25, 0.3) is 5.69 Å². The predicted molar refractivity (Wildman–Crippen MR) is 94.1 cm³/mol. The predicted octanol–water partition coefficient (Wildman–Crippen LogP) is 3.67. The number of nitrogens with zero attached hydrogens (tertiary/aromatic N) is 2. The number of hydrogen-bond acceptors (Lipinski definition) is 4. The molecular formula is C20H17FN2O3. The summed E-state index contributed by atoms with van der Waals surface area (Å²) < 4.78 is 20.1. The number of Topliss-reactive ketones (excluding diaryl/α,β-unsaturated/α-hetero) is 1. The van der Waals surface area contributed by atoms with Gasteiger partial charge < -0.3 is 9.30 Å². The summed E-state index contributed by atoms with van der Waals surface area (Å²) in [6.07, 6.45) is 2.96. The molecule has 3 aromatic rings. The van der Waals surface area contributed by atoms with Crippen LogP contribution in [-0.4, -0.2) is 27.9 Å². The summed E-state index contributed by atoms with van der Waals surface area (Å²) in [5, 5.41) is 0. The maximum Gasteiger partial charge on any atom is 0.338 e. The highest BCUT2D eigenvalue weighted by molar-refractivity contribution is 6.00. The zero-order valence-corrected chi connectivity index (χ0v) is 14.4. The second-order valence-electron chi connectivity index (χ2n) is 5.83. The zero-order chi connectivity index (χ0) is 18.7. The van der Waals surface area contributed by atoms with Gasteiger partial charge >= 0.3 is 5.97 Å². The van der Waals surface area contributed by atoms with Crippen LogP contribution in [0.15, 0.2) is 54.9 Å². The minimum Gasteiger partial charge on any atom is -0.454 e. The monoisotopic (exact) mass is 352 g/mol. The molecule has 0 aliphatic heterocycles. The molecule has 2 heterocycles. The Labute approximate surface area is 150 Å². The summed E-state index contributed by atoms with van der Waals surface area (Å²) in [6, 6.07) is 10.8. The molecule has 26 heavy (non-hydrogen) atoms. The molecule has 0 saturated heterocycles. The van der Waals surface area contributed by atoms with Crippen LogP contribution >= 0.6 is 0 Å².